The molecule has 5 heteroatoms. The zero-order valence-electron chi connectivity index (χ0n) is 29.8. The van der Waals surface area contributed by atoms with E-state index in [0.29, 0.717) is 17.5 Å². The van der Waals surface area contributed by atoms with Gasteiger partial charge in [0, 0.05) is 34.0 Å². The molecule has 0 aliphatic heterocycles. The topological polar surface area (TPSA) is 56.0 Å². The highest BCUT2D eigenvalue weighted by Crippen LogP contribution is 2.36. The second-order valence-corrected chi connectivity index (χ2v) is 13.6. The highest BCUT2D eigenvalue weighted by atomic mass is 15.0. The maximum Gasteiger partial charge on any atom is 0.164 e. The molecule has 3 heterocycles. The number of nitrogens with zero attached hydrogens (tertiary/aromatic N) is 5. The number of rotatable bonds is 7. The quantitative estimate of drug-likeness (QED) is 0.166. The van der Waals surface area contributed by atoms with Crippen LogP contribution in [0.2, 0.25) is 0 Å². The molecule has 0 unspecified atom stereocenters. The molecule has 0 amide bonds. The number of hydrogen-bond donors (Lipinski definition) is 0. The van der Waals surface area contributed by atoms with E-state index in [0.717, 1.165) is 56.0 Å². The van der Waals surface area contributed by atoms with Crippen LogP contribution < -0.4 is 0 Å². The number of aromatic nitrogens is 5. The summed E-state index contributed by atoms with van der Waals surface area (Å²) in [6, 6.07) is 67.2. The largest absolute Gasteiger partial charge is 0.299 e. The molecular formula is C50H33N5. The van der Waals surface area contributed by atoms with Crippen LogP contribution >= 0.6 is 0 Å². The Kier molecular flexibility index (Phi) is 8.08. The minimum Gasteiger partial charge on any atom is -0.299 e. The van der Waals surface area contributed by atoms with Gasteiger partial charge in [0.15, 0.2) is 17.5 Å². The molecule has 5 nitrogen and oxygen atoms in total. The van der Waals surface area contributed by atoms with E-state index in [1.54, 1.807) is 0 Å². The van der Waals surface area contributed by atoms with Crippen molar-refractivity contribution < 1.29 is 0 Å². The highest BCUT2D eigenvalue weighted by Gasteiger charge is 2.18. The normalized spacial score (nSPS) is 11.3. The lowest BCUT2D eigenvalue weighted by Gasteiger charge is -2.11. The first-order valence-electron chi connectivity index (χ1n) is 18.4. The van der Waals surface area contributed by atoms with E-state index in [1.165, 1.54) is 21.9 Å². The molecule has 3 aromatic heterocycles. The van der Waals surface area contributed by atoms with Crippen LogP contribution in [0.25, 0.3) is 95.4 Å². The molecule has 0 N–H and O–H groups in total. The van der Waals surface area contributed by atoms with E-state index in [1.807, 2.05) is 24.3 Å². The Bertz CT molecular complexity index is 2830. The zero-order chi connectivity index (χ0) is 36.6. The Morgan fingerprint density at radius 1 is 0.291 bits per heavy atom. The lowest BCUT2D eigenvalue weighted by Crippen LogP contribution is -2.00. The van der Waals surface area contributed by atoms with Gasteiger partial charge in [-0.2, -0.15) is 0 Å². The fraction of sp³-hybridized carbons (Fsp3) is 0. The monoisotopic (exact) mass is 703 g/mol. The van der Waals surface area contributed by atoms with Gasteiger partial charge < -0.3 is 0 Å². The van der Waals surface area contributed by atoms with E-state index in [4.69, 9.17) is 19.9 Å². The van der Waals surface area contributed by atoms with Crippen molar-refractivity contribution >= 4 is 16.4 Å². The van der Waals surface area contributed by atoms with Crippen LogP contribution in [-0.2, 0) is 0 Å². The molecule has 7 aromatic carbocycles. The highest BCUT2D eigenvalue weighted by molar-refractivity contribution is 5.90. The van der Waals surface area contributed by atoms with Gasteiger partial charge >= 0.3 is 0 Å². The second-order valence-electron chi connectivity index (χ2n) is 13.6. The summed E-state index contributed by atoms with van der Waals surface area (Å²) in [6.45, 7) is 0. The summed E-state index contributed by atoms with van der Waals surface area (Å²) in [4.78, 5) is 20.3. The van der Waals surface area contributed by atoms with Gasteiger partial charge in [0.1, 0.15) is 5.65 Å². The summed E-state index contributed by atoms with van der Waals surface area (Å²) < 4.78 is 2.16. The Morgan fingerprint density at radius 2 is 0.709 bits per heavy atom. The van der Waals surface area contributed by atoms with E-state index in [2.05, 4.69) is 180 Å². The van der Waals surface area contributed by atoms with Crippen LogP contribution in [0.1, 0.15) is 0 Å². The second kappa shape index (κ2) is 13.8. The molecule has 55 heavy (non-hydrogen) atoms. The third kappa shape index (κ3) is 6.24. The Morgan fingerprint density at radius 3 is 1.25 bits per heavy atom. The van der Waals surface area contributed by atoms with E-state index < -0.39 is 0 Å². The van der Waals surface area contributed by atoms with Crippen molar-refractivity contribution in [2.45, 2.75) is 0 Å². The van der Waals surface area contributed by atoms with Crippen LogP contribution in [0.4, 0.5) is 0 Å². The first-order valence-corrected chi connectivity index (χ1v) is 18.4. The van der Waals surface area contributed by atoms with Crippen LogP contribution in [-0.4, -0.2) is 24.3 Å². The van der Waals surface area contributed by atoms with Crippen molar-refractivity contribution in [2.24, 2.45) is 0 Å². The van der Waals surface area contributed by atoms with Crippen molar-refractivity contribution in [1.82, 2.24) is 24.3 Å². The summed E-state index contributed by atoms with van der Waals surface area (Å²) in [5, 5.41) is 2.39. The van der Waals surface area contributed by atoms with E-state index in [9.17, 15) is 0 Å². The Balaban J connectivity index is 1.06. The summed E-state index contributed by atoms with van der Waals surface area (Å²) in [7, 11) is 0. The van der Waals surface area contributed by atoms with Crippen molar-refractivity contribution in [3.63, 3.8) is 0 Å². The summed E-state index contributed by atoms with van der Waals surface area (Å²) in [5.74, 6) is 1.85. The summed E-state index contributed by atoms with van der Waals surface area (Å²) in [5.41, 5.74) is 12.4. The number of imidazole rings is 1. The van der Waals surface area contributed by atoms with Gasteiger partial charge in [-0.3, -0.25) is 4.40 Å². The van der Waals surface area contributed by atoms with E-state index in [-0.39, 0.29) is 0 Å². The number of pyridine rings is 1. The van der Waals surface area contributed by atoms with Gasteiger partial charge in [-0.1, -0.05) is 176 Å². The van der Waals surface area contributed by atoms with Crippen molar-refractivity contribution in [1.29, 1.82) is 0 Å². The number of benzene rings is 7. The molecule has 0 fully saturated rings. The van der Waals surface area contributed by atoms with Gasteiger partial charge in [0.05, 0.1) is 11.4 Å². The van der Waals surface area contributed by atoms with Crippen LogP contribution in [0.15, 0.2) is 200 Å². The predicted molar refractivity (Wildman–Crippen MR) is 224 cm³/mol. The van der Waals surface area contributed by atoms with Crippen LogP contribution in [0, 0.1) is 0 Å². The molecule has 0 bridgehead atoms. The van der Waals surface area contributed by atoms with Gasteiger partial charge in [-0.25, -0.2) is 19.9 Å². The number of fused-ring (bicyclic) bond motifs is 2. The minimum absolute atomic E-state index is 0.610. The maximum absolute atomic E-state index is 5.12. The van der Waals surface area contributed by atoms with Gasteiger partial charge in [0.25, 0.3) is 0 Å². The predicted octanol–water partition coefficient (Wildman–Crippen LogP) is 12.3. The first kappa shape index (κ1) is 32.2. The molecular weight excluding hydrogens is 671 g/mol. The SMILES string of the molecule is c1ccc(-c2ccc(-c3nc(-c4ccc(-c5ccccc5)cc4)nc(-c4ccc(-c5c(-c6ccc7ccccc7c6)nc6ccccn56)cc4)n3)cc2)cc1. The zero-order valence-corrected chi connectivity index (χ0v) is 29.8. The molecule has 0 atom stereocenters. The van der Waals surface area contributed by atoms with Crippen molar-refractivity contribution in [3.05, 3.63) is 200 Å². The minimum atomic E-state index is 0.610. The smallest absolute Gasteiger partial charge is 0.164 e. The van der Waals surface area contributed by atoms with Crippen molar-refractivity contribution in [3.8, 4) is 78.9 Å². The Labute approximate surface area is 319 Å². The lowest BCUT2D eigenvalue weighted by atomic mass is 10.0. The maximum atomic E-state index is 5.12. The van der Waals surface area contributed by atoms with E-state index >= 15 is 0 Å². The average Bonchev–Trinajstić information content (AvgIpc) is 3.67. The summed E-state index contributed by atoms with van der Waals surface area (Å²) >= 11 is 0. The van der Waals surface area contributed by atoms with Gasteiger partial charge in [0.2, 0.25) is 0 Å². The first-order chi connectivity index (χ1) is 27.2. The average molecular weight is 704 g/mol. The third-order valence-electron chi connectivity index (χ3n) is 10.1. The van der Waals surface area contributed by atoms with Gasteiger partial charge in [-0.15, -0.1) is 0 Å². The molecule has 10 aromatic rings. The Hall–Kier alpha value is -7.50. The fourth-order valence-electron chi connectivity index (χ4n) is 7.23. The molecule has 0 aliphatic carbocycles. The molecule has 0 saturated carbocycles. The van der Waals surface area contributed by atoms with Crippen LogP contribution in [0.5, 0.6) is 0 Å². The fourth-order valence-corrected chi connectivity index (χ4v) is 7.23. The molecule has 0 radical (unpaired) electrons. The third-order valence-corrected chi connectivity index (χ3v) is 10.1. The van der Waals surface area contributed by atoms with Gasteiger partial charge in [-0.05, 0) is 51.2 Å². The molecule has 258 valence electrons. The van der Waals surface area contributed by atoms with Crippen molar-refractivity contribution in [2.75, 3.05) is 0 Å². The van der Waals surface area contributed by atoms with Crippen LogP contribution in [0.3, 0.4) is 0 Å². The lowest BCUT2D eigenvalue weighted by molar-refractivity contribution is 1.07. The number of hydrogen-bond acceptors (Lipinski definition) is 4. The standard InChI is InChI=1S/C50H33N5/c1-3-11-34(12-4-1)37-18-25-40(26-19-37)48-52-49(41-27-20-38(21-28-41)35-13-5-2-6-14-35)54-50(53-48)42-29-23-39(24-30-42)47-46(51-45-17-9-10-32-55(45)47)44-31-22-36-15-7-8-16-43(36)33-44/h1-33H. The summed E-state index contributed by atoms with van der Waals surface area (Å²) in [6.07, 6.45) is 2.08. The molecule has 0 aliphatic rings. The molecule has 10 rings (SSSR count). The molecule has 0 saturated heterocycles. The molecule has 0 spiro atoms.